The molecule has 7 heteroatoms. The highest BCUT2D eigenvalue weighted by Crippen LogP contribution is 2.23. The van der Waals surface area contributed by atoms with Gasteiger partial charge in [0.25, 0.3) is 5.91 Å². The number of ether oxygens (including phenoxy) is 1. The molecular formula is C19H17ClN2O4. The molecule has 1 heterocycles. The van der Waals surface area contributed by atoms with Crippen molar-refractivity contribution in [2.75, 3.05) is 5.32 Å². The van der Waals surface area contributed by atoms with E-state index in [0.29, 0.717) is 33.8 Å². The molecule has 134 valence electrons. The van der Waals surface area contributed by atoms with Crippen molar-refractivity contribution in [2.24, 2.45) is 0 Å². The molecule has 0 saturated carbocycles. The Morgan fingerprint density at radius 1 is 1.31 bits per heavy atom. The summed E-state index contributed by atoms with van der Waals surface area (Å²) in [5.41, 5.74) is 2.74. The highest BCUT2D eigenvalue weighted by Gasteiger charge is 2.23. The molecule has 2 aromatic carbocycles. The van der Waals surface area contributed by atoms with Crippen molar-refractivity contribution in [1.29, 1.82) is 0 Å². The van der Waals surface area contributed by atoms with E-state index >= 15 is 0 Å². The third kappa shape index (κ3) is 3.70. The summed E-state index contributed by atoms with van der Waals surface area (Å²) in [6.45, 7) is 3.57. The van der Waals surface area contributed by atoms with Gasteiger partial charge in [0, 0.05) is 10.7 Å². The minimum atomic E-state index is -0.925. The van der Waals surface area contributed by atoms with Crippen LogP contribution in [0, 0.1) is 6.92 Å². The molecule has 0 bridgehead atoms. The zero-order valence-corrected chi connectivity index (χ0v) is 15.0. The van der Waals surface area contributed by atoms with Gasteiger partial charge in [-0.1, -0.05) is 24.6 Å². The maximum Gasteiger partial charge on any atom is 0.339 e. The quantitative estimate of drug-likeness (QED) is 0.673. The SMILES string of the molecule is CCC(OC(=O)c1ccc2ncoc2c1)C(=O)Nc1cccc(Cl)c1C. The van der Waals surface area contributed by atoms with Gasteiger partial charge in [0.1, 0.15) is 5.52 Å². The average molecular weight is 373 g/mol. The fourth-order valence-corrected chi connectivity index (χ4v) is 2.63. The summed E-state index contributed by atoms with van der Waals surface area (Å²) in [5, 5.41) is 3.30. The van der Waals surface area contributed by atoms with Gasteiger partial charge >= 0.3 is 5.97 Å². The van der Waals surface area contributed by atoms with Crippen LogP contribution in [-0.2, 0) is 9.53 Å². The second kappa shape index (κ2) is 7.58. The molecule has 1 unspecified atom stereocenters. The molecule has 1 N–H and O–H groups in total. The first-order valence-corrected chi connectivity index (χ1v) is 8.47. The monoisotopic (exact) mass is 372 g/mol. The van der Waals surface area contributed by atoms with Gasteiger partial charge in [-0.2, -0.15) is 0 Å². The van der Waals surface area contributed by atoms with E-state index in [-0.39, 0.29) is 0 Å². The van der Waals surface area contributed by atoms with Gasteiger partial charge in [0.2, 0.25) is 0 Å². The number of fused-ring (bicyclic) bond motifs is 1. The normalized spacial score (nSPS) is 12.0. The number of aromatic nitrogens is 1. The summed E-state index contributed by atoms with van der Waals surface area (Å²) < 4.78 is 10.5. The van der Waals surface area contributed by atoms with Crippen LogP contribution in [0.4, 0.5) is 5.69 Å². The minimum Gasteiger partial charge on any atom is -0.449 e. The van der Waals surface area contributed by atoms with Crippen LogP contribution in [0.5, 0.6) is 0 Å². The summed E-state index contributed by atoms with van der Waals surface area (Å²) in [4.78, 5) is 28.9. The summed E-state index contributed by atoms with van der Waals surface area (Å²) >= 11 is 6.06. The number of benzene rings is 2. The van der Waals surface area contributed by atoms with Crippen molar-refractivity contribution >= 4 is 40.3 Å². The van der Waals surface area contributed by atoms with E-state index in [4.69, 9.17) is 20.8 Å². The number of rotatable bonds is 5. The van der Waals surface area contributed by atoms with E-state index in [1.807, 2.05) is 0 Å². The average Bonchev–Trinajstić information content (AvgIpc) is 3.10. The highest BCUT2D eigenvalue weighted by molar-refractivity contribution is 6.31. The molecule has 3 rings (SSSR count). The first-order chi connectivity index (χ1) is 12.5. The van der Waals surface area contributed by atoms with E-state index in [1.165, 1.54) is 12.5 Å². The van der Waals surface area contributed by atoms with Gasteiger partial charge in [0.05, 0.1) is 5.56 Å². The lowest BCUT2D eigenvalue weighted by atomic mass is 10.1. The van der Waals surface area contributed by atoms with Gasteiger partial charge in [-0.3, -0.25) is 4.79 Å². The molecule has 0 aliphatic rings. The van der Waals surface area contributed by atoms with Crippen LogP contribution in [0.3, 0.4) is 0 Å². The van der Waals surface area contributed by atoms with Crippen molar-refractivity contribution in [1.82, 2.24) is 4.98 Å². The van der Waals surface area contributed by atoms with E-state index in [2.05, 4.69) is 10.3 Å². The van der Waals surface area contributed by atoms with Gasteiger partial charge < -0.3 is 14.5 Å². The van der Waals surface area contributed by atoms with Gasteiger partial charge in [0.15, 0.2) is 18.1 Å². The fraction of sp³-hybridized carbons (Fsp3) is 0.211. The third-order valence-electron chi connectivity index (χ3n) is 4.01. The second-order valence-electron chi connectivity index (χ2n) is 5.74. The maximum atomic E-state index is 12.5. The third-order valence-corrected chi connectivity index (χ3v) is 4.41. The second-order valence-corrected chi connectivity index (χ2v) is 6.15. The molecule has 0 saturated heterocycles. The fourth-order valence-electron chi connectivity index (χ4n) is 2.46. The smallest absolute Gasteiger partial charge is 0.339 e. The number of halogens is 1. The Hall–Kier alpha value is -2.86. The Morgan fingerprint density at radius 2 is 2.12 bits per heavy atom. The van der Waals surface area contributed by atoms with Crippen molar-refractivity contribution in [3.63, 3.8) is 0 Å². The van der Waals surface area contributed by atoms with Crippen LogP contribution in [0.25, 0.3) is 11.1 Å². The lowest BCUT2D eigenvalue weighted by Gasteiger charge is -2.17. The molecule has 0 fully saturated rings. The summed E-state index contributed by atoms with van der Waals surface area (Å²) in [7, 11) is 0. The van der Waals surface area contributed by atoms with Crippen LogP contribution in [0.1, 0.15) is 29.3 Å². The van der Waals surface area contributed by atoms with Crippen LogP contribution in [0.15, 0.2) is 47.2 Å². The van der Waals surface area contributed by atoms with E-state index in [1.54, 1.807) is 44.2 Å². The number of carbonyl (C=O) groups is 2. The van der Waals surface area contributed by atoms with Crippen LogP contribution in [0.2, 0.25) is 5.02 Å². The number of oxazole rings is 1. The molecule has 1 aromatic heterocycles. The van der Waals surface area contributed by atoms with Crippen LogP contribution >= 0.6 is 11.6 Å². The lowest BCUT2D eigenvalue weighted by Crippen LogP contribution is -2.32. The molecule has 0 spiro atoms. The number of nitrogens with zero attached hydrogens (tertiary/aromatic N) is 1. The summed E-state index contributed by atoms with van der Waals surface area (Å²) in [6.07, 6.45) is 0.711. The van der Waals surface area contributed by atoms with E-state index < -0.39 is 18.0 Å². The molecular weight excluding hydrogens is 356 g/mol. The molecule has 6 nitrogen and oxygen atoms in total. The minimum absolute atomic E-state index is 0.291. The van der Waals surface area contributed by atoms with Crippen molar-refractivity contribution in [3.05, 3.63) is 58.9 Å². The van der Waals surface area contributed by atoms with Gasteiger partial charge in [-0.05, 0) is 49.2 Å². The summed E-state index contributed by atoms with van der Waals surface area (Å²) in [5.74, 6) is -1.01. The van der Waals surface area contributed by atoms with E-state index in [9.17, 15) is 9.59 Å². The topological polar surface area (TPSA) is 81.4 Å². The standard InChI is InChI=1S/C19H17ClN2O4/c1-3-16(18(23)22-14-6-4-5-13(20)11(14)2)26-19(24)12-7-8-15-17(9-12)25-10-21-15/h4-10,16H,3H2,1-2H3,(H,22,23). The number of nitrogens with one attached hydrogen (secondary N) is 1. The Balaban J connectivity index is 1.72. The van der Waals surface area contributed by atoms with Crippen LogP contribution < -0.4 is 5.32 Å². The molecule has 1 atom stereocenters. The Labute approximate surface area is 155 Å². The molecule has 0 radical (unpaired) electrons. The number of amides is 1. The first kappa shape index (κ1) is 17.9. The summed E-state index contributed by atoms with van der Waals surface area (Å²) in [6, 6.07) is 10.0. The molecule has 3 aromatic rings. The van der Waals surface area contributed by atoms with Crippen molar-refractivity contribution in [2.45, 2.75) is 26.4 Å². The molecule has 0 aliphatic heterocycles. The number of esters is 1. The first-order valence-electron chi connectivity index (χ1n) is 8.09. The highest BCUT2D eigenvalue weighted by atomic mass is 35.5. The predicted molar refractivity (Wildman–Crippen MR) is 98.3 cm³/mol. The number of hydrogen-bond donors (Lipinski definition) is 1. The van der Waals surface area contributed by atoms with Crippen molar-refractivity contribution < 1.29 is 18.7 Å². The lowest BCUT2D eigenvalue weighted by molar-refractivity contribution is -0.124. The Bertz CT molecular complexity index is 967. The zero-order chi connectivity index (χ0) is 18.7. The number of carbonyl (C=O) groups excluding carboxylic acids is 2. The van der Waals surface area contributed by atoms with Gasteiger partial charge in [-0.25, -0.2) is 9.78 Å². The van der Waals surface area contributed by atoms with Crippen LogP contribution in [-0.4, -0.2) is 23.0 Å². The van der Waals surface area contributed by atoms with E-state index in [0.717, 1.165) is 5.56 Å². The Morgan fingerprint density at radius 3 is 2.88 bits per heavy atom. The van der Waals surface area contributed by atoms with Gasteiger partial charge in [-0.15, -0.1) is 0 Å². The van der Waals surface area contributed by atoms with Crippen molar-refractivity contribution in [3.8, 4) is 0 Å². The predicted octanol–water partition coefficient (Wildman–Crippen LogP) is 4.36. The number of hydrogen-bond acceptors (Lipinski definition) is 5. The molecule has 1 amide bonds. The number of anilines is 1. The zero-order valence-electron chi connectivity index (χ0n) is 14.3. The molecule has 26 heavy (non-hydrogen) atoms. The molecule has 0 aliphatic carbocycles. The maximum absolute atomic E-state index is 12.5. The largest absolute Gasteiger partial charge is 0.449 e. The Kier molecular flexibility index (Phi) is 5.23.